The van der Waals surface area contributed by atoms with Gasteiger partial charge in [0.25, 0.3) is 0 Å². The number of rotatable bonds is 4. The van der Waals surface area contributed by atoms with Crippen molar-refractivity contribution in [2.75, 3.05) is 6.61 Å². The van der Waals surface area contributed by atoms with Crippen LogP contribution in [0, 0.1) is 0 Å². The molecule has 0 unspecified atom stereocenters. The number of hydrogen-bond donors (Lipinski definition) is 1. The molecular weight excluding hydrogens is 232 g/mol. The third kappa shape index (κ3) is 2.06. The van der Waals surface area contributed by atoms with Crippen LogP contribution in [0.5, 0.6) is 11.5 Å². The number of hydrogen-bond acceptors (Lipinski definition) is 4. The van der Waals surface area contributed by atoms with Gasteiger partial charge in [-0.3, -0.25) is 0 Å². The zero-order valence-corrected chi connectivity index (χ0v) is 10.5. The van der Waals surface area contributed by atoms with Gasteiger partial charge in [-0.1, -0.05) is 13.3 Å². The predicted octanol–water partition coefficient (Wildman–Crippen LogP) is 3.10. The molecule has 2 rings (SSSR count). The summed E-state index contributed by atoms with van der Waals surface area (Å²) in [5.74, 6) is 0.258. The van der Waals surface area contributed by atoms with E-state index in [0.29, 0.717) is 23.5 Å². The highest BCUT2D eigenvalue weighted by Gasteiger charge is 2.31. The molecule has 0 saturated heterocycles. The zero-order chi connectivity index (χ0) is 13.1. The first-order chi connectivity index (χ1) is 8.69. The Hall–Kier alpha value is -1.97. The highest BCUT2D eigenvalue weighted by atomic mass is 16.5. The van der Waals surface area contributed by atoms with E-state index < -0.39 is 5.97 Å². The van der Waals surface area contributed by atoms with Gasteiger partial charge in [-0.15, -0.1) is 0 Å². The number of esters is 1. The predicted molar refractivity (Wildman–Crippen MR) is 67.6 cm³/mol. The van der Waals surface area contributed by atoms with Gasteiger partial charge in [0.2, 0.25) is 0 Å². The van der Waals surface area contributed by atoms with E-state index in [2.05, 4.69) is 6.92 Å². The molecule has 0 fully saturated rings. The Morgan fingerprint density at radius 2 is 2.17 bits per heavy atom. The fourth-order valence-corrected chi connectivity index (χ4v) is 1.90. The van der Waals surface area contributed by atoms with Crippen LogP contribution >= 0.6 is 0 Å². The van der Waals surface area contributed by atoms with Crippen molar-refractivity contribution in [2.45, 2.75) is 26.7 Å². The maximum atomic E-state index is 11.8. The van der Waals surface area contributed by atoms with E-state index in [-0.39, 0.29) is 11.5 Å². The first-order valence-electron chi connectivity index (χ1n) is 6.10. The average Bonchev–Trinajstić information content (AvgIpc) is 2.67. The van der Waals surface area contributed by atoms with Gasteiger partial charge in [0.15, 0.2) is 11.5 Å². The normalized spacial score (nSPS) is 15.7. The summed E-state index contributed by atoms with van der Waals surface area (Å²) in [6.45, 7) is 4.23. The van der Waals surface area contributed by atoms with Crippen molar-refractivity contribution < 1.29 is 19.4 Å². The fraction of sp³-hybridized carbons (Fsp3) is 0.357. The summed E-state index contributed by atoms with van der Waals surface area (Å²) in [5, 5.41) is 9.73. The fourth-order valence-electron chi connectivity index (χ4n) is 1.90. The molecule has 18 heavy (non-hydrogen) atoms. The number of phenolic OH excluding ortho intramolecular Hbond substituents is 1. The second-order valence-electron chi connectivity index (χ2n) is 4.02. The van der Waals surface area contributed by atoms with Crippen LogP contribution in [0.3, 0.4) is 0 Å². The Labute approximate surface area is 106 Å². The van der Waals surface area contributed by atoms with E-state index >= 15 is 0 Å². The lowest BCUT2D eigenvalue weighted by molar-refractivity contribution is 0.0711. The highest BCUT2D eigenvalue weighted by molar-refractivity contribution is 6.06. The molecule has 1 aliphatic rings. The number of carbonyl (C=O) groups excluding carboxylic acids is 1. The summed E-state index contributed by atoms with van der Waals surface area (Å²) in [6.07, 6.45) is 3.70. The second kappa shape index (κ2) is 5.12. The summed E-state index contributed by atoms with van der Waals surface area (Å²) in [6, 6.07) is 3.20. The van der Waals surface area contributed by atoms with E-state index in [1.54, 1.807) is 13.0 Å². The molecule has 4 nitrogen and oxygen atoms in total. The van der Waals surface area contributed by atoms with Crippen molar-refractivity contribution in [2.24, 2.45) is 0 Å². The summed E-state index contributed by atoms with van der Waals surface area (Å²) < 4.78 is 10.5. The van der Waals surface area contributed by atoms with Gasteiger partial charge in [0.05, 0.1) is 6.61 Å². The number of phenols is 1. The topological polar surface area (TPSA) is 55.8 Å². The minimum Gasteiger partial charge on any atom is -0.504 e. The Morgan fingerprint density at radius 3 is 2.83 bits per heavy atom. The zero-order valence-electron chi connectivity index (χ0n) is 10.5. The monoisotopic (exact) mass is 248 g/mol. The van der Waals surface area contributed by atoms with Gasteiger partial charge in [-0.05, 0) is 31.6 Å². The Balaban J connectivity index is 2.50. The van der Waals surface area contributed by atoms with Gasteiger partial charge in [0.1, 0.15) is 11.3 Å². The third-order valence-electron chi connectivity index (χ3n) is 2.72. The van der Waals surface area contributed by atoms with Gasteiger partial charge in [-0.25, -0.2) is 4.79 Å². The molecular formula is C14H16O4. The summed E-state index contributed by atoms with van der Waals surface area (Å²) in [5.41, 5.74) is 1.01. The highest BCUT2D eigenvalue weighted by Crippen LogP contribution is 2.41. The van der Waals surface area contributed by atoms with E-state index in [9.17, 15) is 9.90 Å². The quantitative estimate of drug-likeness (QED) is 0.832. The lowest BCUT2D eigenvalue weighted by Crippen LogP contribution is -2.01. The number of fused-ring (bicyclic) bond motifs is 1. The summed E-state index contributed by atoms with van der Waals surface area (Å²) >= 11 is 0. The minimum absolute atomic E-state index is 0.0377. The maximum absolute atomic E-state index is 11.8. The van der Waals surface area contributed by atoms with Crippen molar-refractivity contribution in [1.29, 1.82) is 0 Å². The molecule has 4 heteroatoms. The smallest absolute Gasteiger partial charge is 0.348 e. The van der Waals surface area contributed by atoms with Crippen molar-refractivity contribution >= 4 is 11.7 Å². The van der Waals surface area contributed by atoms with Gasteiger partial charge >= 0.3 is 5.97 Å². The first kappa shape index (κ1) is 12.5. The molecule has 0 radical (unpaired) electrons. The molecule has 96 valence electrons. The molecule has 0 aromatic heterocycles. The van der Waals surface area contributed by atoms with Crippen LogP contribution in [-0.2, 0) is 4.74 Å². The summed E-state index contributed by atoms with van der Waals surface area (Å²) in [7, 11) is 0. The maximum Gasteiger partial charge on any atom is 0.348 e. The SMILES string of the molecule is CCCC=C1OC(=O)c2c1ccc(O)c2OCC. The van der Waals surface area contributed by atoms with E-state index in [1.807, 2.05) is 6.08 Å². The number of benzene rings is 1. The van der Waals surface area contributed by atoms with Crippen LogP contribution < -0.4 is 4.74 Å². The molecule has 0 amide bonds. The summed E-state index contributed by atoms with van der Waals surface area (Å²) in [4.78, 5) is 11.8. The minimum atomic E-state index is -0.466. The van der Waals surface area contributed by atoms with Crippen LogP contribution in [0.2, 0.25) is 0 Å². The molecule has 1 heterocycles. The molecule has 1 aromatic rings. The van der Waals surface area contributed by atoms with Crippen LogP contribution in [0.4, 0.5) is 0 Å². The molecule has 0 atom stereocenters. The Morgan fingerprint density at radius 1 is 1.39 bits per heavy atom. The molecule has 0 spiro atoms. The van der Waals surface area contributed by atoms with E-state index in [0.717, 1.165) is 12.8 Å². The van der Waals surface area contributed by atoms with Crippen molar-refractivity contribution in [1.82, 2.24) is 0 Å². The first-order valence-corrected chi connectivity index (χ1v) is 6.10. The van der Waals surface area contributed by atoms with Crippen molar-refractivity contribution in [3.05, 3.63) is 29.3 Å². The number of cyclic esters (lactones) is 1. The molecule has 0 aliphatic carbocycles. The van der Waals surface area contributed by atoms with Gasteiger partial charge < -0.3 is 14.6 Å². The van der Waals surface area contributed by atoms with Gasteiger partial charge in [-0.2, -0.15) is 0 Å². The van der Waals surface area contributed by atoms with Crippen molar-refractivity contribution in [3.63, 3.8) is 0 Å². The number of allylic oxidation sites excluding steroid dienone is 1. The van der Waals surface area contributed by atoms with Crippen LogP contribution in [0.15, 0.2) is 18.2 Å². The molecule has 0 saturated carbocycles. The van der Waals surface area contributed by atoms with Crippen LogP contribution in [-0.4, -0.2) is 17.7 Å². The number of aromatic hydroxyl groups is 1. The molecule has 0 bridgehead atoms. The third-order valence-corrected chi connectivity index (χ3v) is 2.72. The molecule has 1 aromatic carbocycles. The lowest BCUT2D eigenvalue weighted by Gasteiger charge is -2.08. The van der Waals surface area contributed by atoms with Gasteiger partial charge in [0, 0.05) is 5.56 Å². The van der Waals surface area contributed by atoms with Crippen molar-refractivity contribution in [3.8, 4) is 11.5 Å². The van der Waals surface area contributed by atoms with Crippen LogP contribution in [0.1, 0.15) is 42.6 Å². The standard InChI is InChI=1S/C14H16O4/c1-3-5-6-11-9-7-8-10(15)13(17-4-2)12(9)14(16)18-11/h6-8,15H,3-5H2,1-2H3. The van der Waals surface area contributed by atoms with E-state index in [4.69, 9.17) is 9.47 Å². The number of unbranched alkanes of at least 4 members (excludes halogenated alkanes) is 1. The number of ether oxygens (including phenoxy) is 2. The Bertz CT molecular complexity index is 503. The molecule has 1 aliphatic heterocycles. The lowest BCUT2D eigenvalue weighted by atomic mass is 10.1. The average molecular weight is 248 g/mol. The number of carbonyl (C=O) groups is 1. The van der Waals surface area contributed by atoms with E-state index in [1.165, 1.54) is 6.07 Å². The van der Waals surface area contributed by atoms with Crippen LogP contribution in [0.25, 0.3) is 5.76 Å². The largest absolute Gasteiger partial charge is 0.504 e. The Kier molecular flexibility index (Phi) is 3.55. The second-order valence-corrected chi connectivity index (χ2v) is 4.02. The molecule has 1 N–H and O–H groups in total.